The van der Waals surface area contributed by atoms with Gasteiger partial charge in [-0.15, -0.1) is 0 Å². The summed E-state index contributed by atoms with van der Waals surface area (Å²) < 4.78 is 1.90. The second-order valence-electron chi connectivity index (χ2n) is 3.94. The fourth-order valence-corrected chi connectivity index (χ4v) is 1.66. The van der Waals surface area contributed by atoms with E-state index in [1.807, 2.05) is 48.4 Å². The van der Waals surface area contributed by atoms with Crippen LogP contribution in [0.5, 0.6) is 0 Å². The largest absolute Gasteiger partial charge is 0.295 e. The molecule has 0 spiro atoms. The molecule has 0 saturated carbocycles. The van der Waals surface area contributed by atoms with E-state index in [-0.39, 0.29) is 0 Å². The molecule has 84 valence electrons. The van der Waals surface area contributed by atoms with E-state index in [1.54, 1.807) is 0 Å². The topological polar surface area (TPSA) is 34.0 Å². The van der Waals surface area contributed by atoms with Crippen LogP contribution in [0.3, 0.4) is 0 Å². The highest BCUT2D eigenvalue weighted by molar-refractivity contribution is 5.04. The van der Waals surface area contributed by atoms with E-state index in [2.05, 4.69) is 22.0 Å². The second kappa shape index (κ2) is 4.90. The predicted molar refractivity (Wildman–Crippen MR) is 62.6 cm³/mol. The van der Waals surface area contributed by atoms with Crippen molar-refractivity contribution >= 4 is 0 Å². The van der Waals surface area contributed by atoms with Crippen LogP contribution in [-0.2, 0) is 20.1 Å². The van der Waals surface area contributed by atoms with Crippen LogP contribution in [0.25, 0.3) is 0 Å². The highest BCUT2D eigenvalue weighted by atomic mass is 15.3. The van der Waals surface area contributed by atoms with Crippen LogP contribution >= 0.6 is 0 Å². The quantitative estimate of drug-likeness (QED) is 0.775. The Morgan fingerprint density at radius 3 is 2.69 bits per heavy atom. The zero-order valence-electron chi connectivity index (χ0n) is 9.67. The first-order valence-electron chi connectivity index (χ1n) is 5.31. The molecule has 0 aromatic carbocycles. The monoisotopic (exact) mass is 216 g/mol. The fraction of sp³-hybridized carbons (Fsp3) is 0.333. The Labute approximate surface area is 95.5 Å². The molecular weight excluding hydrogens is 200 g/mol. The summed E-state index contributed by atoms with van der Waals surface area (Å²) in [6.07, 6.45) is 3.65. The predicted octanol–water partition coefficient (Wildman–Crippen LogP) is 1.45. The Bertz CT molecular complexity index is 435. The maximum Gasteiger partial charge on any atom is 0.0543 e. The van der Waals surface area contributed by atoms with Gasteiger partial charge in [-0.05, 0) is 25.2 Å². The smallest absolute Gasteiger partial charge is 0.0543 e. The van der Waals surface area contributed by atoms with Crippen LogP contribution in [-0.4, -0.2) is 26.7 Å². The lowest BCUT2D eigenvalue weighted by molar-refractivity contribution is 0.306. The molecule has 0 aliphatic heterocycles. The van der Waals surface area contributed by atoms with Gasteiger partial charge in [0.05, 0.1) is 11.4 Å². The van der Waals surface area contributed by atoms with E-state index < -0.39 is 0 Å². The molecule has 0 unspecified atom stereocenters. The molecule has 4 nitrogen and oxygen atoms in total. The van der Waals surface area contributed by atoms with Gasteiger partial charge in [0, 0.05) is 32.5 Å². The third-order valence-electron chi connectivity index (χ3n) is 2.51. The SMILES string of the molecule is CN(Cc1ccccn1)Cc1ccnn1C. The van der Waals surface area contributed by atoms with Crippen LogP contribution in [0.2, 0.25) is 0 Å². The van der Waals surface area contributed by atoms with Crippen molar-refractivity contribution in [2.75, 3.05) is 7.05 Å². The molecule has 0 saturated heterocycles. The van der Waals surface area contributed by atoms with Crippen molar-refractivity contribution in [2.45, 2.75) is 13.1 Å². The maximum absolute atomic E-state index is 4.31. The van der Waals surface area contributed by atoms with E-state index >= 15 is 0 Å². The molecule has 0 radical (unpaired) electrons. The number of aryl methyl sites for hydroxylation is 1. The fourth-order valence-electron chi connectivity index (χ4n) is 1.66. The first-order valence-corrected chi connectivity index (χ1v) is 5.31. The van der Waals surface area contributed by atoms with E-state index in [4.69, 9.17) is 0 Å². The molecule has 4 heteroatoms. The summed E-state index contributed by atoms with van der Waals surface area (Å²) in [7, 11) is 4.05. The molecule has 0 fully saturated rings. The van der Waals surface area contributed by atoms with Gasteiger partial charge in [-0.2, -0.15) is 5.10 Å². The molecule has 0 aliphatic rings. The van der Waals surface area contributed by atoms with Crippen molar-refractivity contribution in [3.63, 3.8) is 0 Å². The minimum absolute atomic E-state index is 0.853. The van der Waals surface area contributed by atoms with Crippen molar-refractivity contribution in [1.82, 2.24) is 19.7 Å². The summed E-state index contributed by atoms with van der Waals surface area (Å²) in [6, 6.07) is 8.03. The third kappa shape index (κ3) is 2.67. The maximum atomic E-state index is 4.31. The van der Waals surface area contributed by atoms with Crippen LogP contribution in [0.4, 0.5) is 0 Å². The lowest BCUT2D eigenvalue weighted by Gasteiger charge is -2.15. The minimum Gasteiger partial charge on any atom is -0.295 e. The molecule has 0 atom stereocenters. The van der Waals surface area contributed by atoms with Gasteiger partial charge in [-0.3, -0.25) is 14.6 Å². The lowest BCUT2D eigenvalue weighted by atomic mass is 10.3. The van der Waals surface area contributed by atoms with Crippen molar-refractivity contribution in [3.8, 4) is 0 Å². The van der Waals surface area contributed by atoms with E-state index in [0.717, 1.165) is 18.8 Å². The summed E-state index contributed by atoms with van der Waals surface area (Å²) in [4.78, 5) is 6.53. The molecule has 2 aromatic rings. The van der Waals surface area contributed by atoms with Gasteiger partial charge in [0.15, 0.2) is 0 Å². The normalized spacial score (nSPS) is 10.9. The van der Waals surface area contributed by atoms with Gasteiger partial charge in [-0.25, -0.2) is 0 Å². The Balaban J connectivity index is 1.95. The highest BCUT2D eigenvalue weighted by Gasteiger charge is 2.04. The third-order valence-corrected chi connectivity index (χ3v) is 2.51. The molecule has 0 N–H and O–H groups in total. The Kier molecular flexibility index (Phi) is 3.31. The van der Waals surface area contributed by atoms with Gasteiger partial charge in [0.25, 0.3) is 0 Å². The standard InChI is InChI=1S/C12H16N4/c1-15(9-11-5-3-4-7-13-11)10-12-6-8-14-16(12)2/h3-8H,9-10H2,1-2H3. The first-order chi connectivity index (χ1) is 7.75. The first kappa shape index (κ1) is 10.8. The summed E-state index contributed by atoms with van der Waals surface area (Å²) in [6.45, 7) is 1.74. The number of nitrogens with zero attached hydrogens (tertiary/aromatic N) is 4. The molecule has 0 amide bonds. The van der Waals surface area contributed by atoms with E-state index in [9.17, 15) is 0 Å². The Hall–Kier alpha value is -1.68. The summed E-state index contributed by atoms with van der Waals surface area (Å²) in [5.41, 5.74) is 2.30. The average molecular weight is 216 g/mol. The summed E-state index contributed by atoms with van der Waals surface area (Å²) >= 11 is 0. The number of hydrogen-bond acceptors (Lipinski definition) is 3. The molecule has 2 aromatic heterocycles. The minimum atomic E-state index is 0.853. The van der Waals surface area contributed by atoms with Crippen molar-refractivity contribution in [1.29, 1.82) is 0 Å². The molecule has 0 aliphatic carbocycles. The van der Waals surface area contributed by atoms with Crippen LogP contribution in [0.1, 0.15) is 11.4 Å². The number of aromatic nitrogens is 3. The number of pyridine rings is 1. The Morgan fingerprint density at radius 2 is 2.06 bits per heavy atom. The second-order valence-corrected chi connectivity index (χ2v) is 3.94. The Morgan fingerprint density at radius 1 is 1.19 bits per heavy atom. The van der Waals surface area contributed by atoms with Crippen molar-refractivity contribution < 1.29 is 0 Å². The van der Waals surface area contributed by atoms with Gasteiger partial charge < -0.3 is 0 Å². The zero-order chi connectivity index (χ0) is 11.4. The lowest BCUT2D eigenvalue weighted by Crippen LogP contribution is -2.19. The summed E-state index contributed by atoms with van der Waals surface area (Å²) in [5.74, 6) is 0. The zero-order valence-corrected chi connectivity index (χ0v) is 9.67. The molecule has 2 rings (SSSR count). The van der Waals surface area contributed by atoms with Gasteiger partial charge in [0.2, 0.25) is 0 Å². The van der Waals surface area contributed by atoms with Gasteiger partial charge in [-0.1, -0.05) is 6.07 Å². The number of hydrogen-bond donors (Lipinski definition) is 0. The van der Waals surface area contributed by atoms with Crippen LogP contribution in [0.15, 0.2) is 36.7 Å². The average Bonchev–Trinajstić information content (AvgIpc) is 2.66. The highest BCUT2D eigenvalue weighted by Crippen LogP contribution is 2.04. The van der Waals surface area contributed by atoms with Crippen molar-refractivity contribution in [3.05, 3.63) is 48.0 Å². The van der Waals surface area contributed by atoms with Gasteiger partial charge in [0.1, 0.15) is 0 Å². The van der Waals surface area contributed by atoms with E-state index in [0.29, 0.717) is 0 Å². The van der Waals surface area contributed by atoms with Gasteiger partial charge >= 0.3 is 0 Å². The molecule has 0 bridgehead atoms. The number of rotatable bonds is 4. The summed E-state index contributed by atoms with van der Waals surface area (Å²) in [5, 5.41) is 4.15. The van der Waals surface area contributed by atoms with Crippen molar-refractivity contribution in [2.24, 2.45) is 7.05 Å². The van der Waals surface area contributed by atoms with Crippen LogP contribution in [0, 0.1) is 0 Å². The molecular formula is C12H16N4. The molecule has 2 heterocycles. The molecule has 16 heavy (non-hydrogen) atoms. The van der Waals surface area contributed by atoms with E-state index in [1.165, 1.54) is 5.69 Å². The van der Waals surface area contributed by atoms with Crippen LogP contribution < -0.4 is 0 Å².